The summed E-state index contributed by atoms with van der Waals surface area (Å²) in [5, 5.41) is 13.6. The van der Waals surface area contributed by atoms with Crippen LogP contribution in [-0.4, -0.2) is 14.8 Å². The zero-order valence-electron chi connectivity index (χ0n) is 11.6. The van der Waals surface area contributed by atoms with Crippen LogP contribution < -0.4 is 0 Å². The van der Waals surface area contributed by atoms with Crippen molar-refractivity contribution < 1.29 is 0 Å². The third kappa shape index (κ3) is 2.55. The fraction of sp³-hybridized carbons (Fsp3) is 0.786. The molecular weight excluding hydrogens is 224 g/mol. The first-order valence-corrected chi connectivity index (χ1v) is 6.80. The second-order valence-electron chi connectivity index (χ2n) is 5.95. The molecule has 1 aromatic rings. The van der Waals surface area contributed by atoms with Gasteiger partial charge >= 0.3 is 0 Å². The molecule has 0 spiro atoms. The highest BCUT2D eigenvalue weighted by Crippen LogP contribution is 2.42. The molecule has 2 rings (SSSR count). The maximum atomic E-state index is 9.55. The fourth-order valence-electron chi connectivity index (χ4n) is 2.97. The number of hydrogen-bond acceptors (Lipinski definition) is 3. The Bertz CT molecular complexity index is 433. The molecule has 0 unspecified atom stereocenters. The molecule has 0 N–H and O–H groups in total. The van der Waals surface area contributed by atoms with E-state index in [1.807, 2.05) is 7.05 Å². The smallest absolute Gasteiger partial charge is 0.138 e. The second-order valence-corrected chi connectivity index (χ2v) is 5.95. The molecule has 1 fully saturated rings. The molecule has 1 aliphatic rings. The van der Waals surface area contributed by atoms with Gasteiger partial charge in [-0.25, -0.2) is 4.98 Å². The maximum Gasteiger partial charge on any atom is 0.138 e. The van der Waals surface area contributed by atoms with Gasteiger partial charge in [0, 0.05) is 13.5 Å². The average Bonchev–Trinajstić information content (AvgIpc) is 2.75. The van der Waals surface area contributed by atoms with Crippen molar-refractivity contribution in [3.63, 3.8) is 0 Å². The summed E-state index contributed by atoms with van der Waals surface area (Å²) in [4.78, 5) is 4.26. The van der Waals surface area contributed by atoms with Crippen LogP contribution in [0, 0.1) is 28.6 Å². The van der Waals surface area contributed by atoms with Crippen LogP contribution in [0.15, 0.2) is 6.33 Å². The Morgan fingerprint density at radius 3 is 2.61 bits per heavy atom. The van der Waals surface area contributed by atoms with Crippen LogP contribution in [0.4, 0.5) is 0 Å². The molecule has 0 radical (unpaired) electrons. The summed E-state index contributed by atoms with van der Waals surface area (Å²) in [6.07, 6.45) is 6.65. The summed E-state index contributed by atoms with van der Waals surface area (Å²) < 4.78 is 1.79. The van der Waals surface area contributed by atoms with E-state index in [0.29, 0.717) is 0 Å². The van der Waals surface area contributed by atoms with Crippen molar-refractivity contribution in [3.8, 4) is 6.07 Å². The van der Waals surface area contributed by atoms with Gasteiger partial charge in [0.2, 0.25) is 0 Å². The standard InChI is InChI=1S/C14H22N4/c1-11(2)12-4-6-14(9-15,7-5-12)8-13-16-10-17-18(13)3/h10-12H,4-8H2,1-3H3. The summed E-state index contributed by atoms with van der Waals surface area (Å²) in [7, 11) is 1.90. The van der Waals surface area contributed by atoms with Gasteiger partial charge in [-0.1, -0.05) is 13.8 Å². The van der Waals surface area contributed by atoms with Crippen molar-refractivity contribution in [2.45, 2.75) is 46.0 Å². The largest absolute Gasteiger partial charge is 0.253 e. The van der Waals surface area contributed by atoms with Gasteiger partial charge in [-0.2, -0.15) is 10.4 Å². The number of hydrogen-bond donors (Lipinski definition) is 0. The lowest BCUT2D eigenvalue weighted by Crippen LogP contribution is -2.31. The van der Waals surface area contributed by atoms with E-state index >= 15 is 0 Å². The summed E-state index contributed by atoms with van der Waals surface area (Å²) in [6.45, 7) is 4.57. The summed E-state index contributed by atoms with van der Waals surface area (Å²) >= 11 is 0. The molecule has 0 bridgehead atoms. The normalized spacial score (nSPS) is 28.3. The van der Waals surface area contributed by atoms with Crippen molar-refractivity contribution in [2.75, 3.05) is 0 Å². The van der Waals surface area contributed by atoms with Crippen molar-refractivity contribution in [3.05, 3.63) is 12.2 Å². The van der Waals surface area contributed by atoms with Crippen LogP contribution >= 0.6 is 0 Å². The molecule has 1 aliphatic carbocycles. The monoisotopic (exact) mass is 246 g/mol. The number of nitrogens with zero attached hydrogens (tertiary/aromatic N) is 4. The zero-order valence-corrected chi connectivity index (χ0v) is 11.6. The first-order valence-electron chi connectivity index (χ1n) is 6.80. The van der Waals surface area contributed by atoms with E-state index in [0.717, 1.165) is 36.9 Å². The Morgan fingerprint density at radius 1 is 1.50 bits per heavy atom. The molecule has 1 aromatic heterocycles. The average molecular weight is 246 g/mol. The highest BCUT2D eigenvalue weighted by molar-refractivity contribution is 5.07. The predicted octanol–water partition coefficient (Wildman–Crippen LogP) is 2.71. The van der Waals surface area contributed by atoms with E-state index in [1.54, 1.807) is 11.0 Å². The second kappa shape index (κ2) is 5.09. The Hall–Kier alpha value is -1.37. The number of aromatic nitrogens is 3. The van der Waals surface area contributed by atoms with Crippen molar-refractivity contribution in [1.29, 1.82) is 5.26 Å². The minimum absolute atomic E-state index is 0.216. The van der Waals surface area contributed by atoms with Crippen LogP contribution in [0.5, 0.6) is 0 Å². The molecule has 1 saturated carbocycles. The Morgan fingerprint density at radius 2 is 2.17 bits per heavy atom. The van der Waals surface area contributed by atoms with Crippen LogP contribution in [0.25, 0.3) is 0 Å². The van der Waals surface area contributed by atoms with Gasteiger partial charge in [0.15, 0.2) is 0 Å². The maximum absolute atomic E-state index is 9.55. The summed E-state index contributed by atoms with van der Waals surface area (Å²) in [5.41, 5.74) is -0.216. The number of rotatable bonds is 3. The lowest BCUT2D eigenvalue weighted by molar-refractivity contribution is 0.172. The Balaban J connectivity index is 2.06. The van der Waals surface area contributed by atoms with Gasteiger partial charge < -0.3 is 0 Å². The van der Waals surface area contributed by atoms with Gasteiger partial charge in [-0.3, -0.25) is 4.68 Å². The molecule has 0 aliphatic heterocycles. The molecule has 0 aromatic carbocycles. The number of aryl methyl sites for hydroxylation is 1. The zero-order chi connectivity index (χ0) is 13.2. The van der Waals surface area contributed by atoms with E-state index < -0.39 is 0 Å². The van der Waals surface area contributed by atoms with Crippen molar-refractivity contribution in [1.82, 2.24) is 14.8 Å². The van der Waals surface area contributed by atoms with Crippen LogP contribution in [-0.2, 0) is 13.5 Å². The third-order valence-electron chi connectivity index (χ3n) is 4.47. The minimum Gasteiger partial charge on any atom is -0.253 e. The minimum atomic E-state index is -0.216. The van der Waals surface area contributed by atoms with E-state index in [-0.39, 0.29) is 5.41 Å². The van der Waals surface area contributed by atoms with Gasteiger partial charge in [-0.05, 0) is 37.5 Å². The van der Waals surface area contributed by atoms with E-state index in [1.165, 1.54) is 12.8 Å². The lowest BCUT2D eigenvalue weighted by atomic mass is 9.67. The van der Waals surface area contributed by atoms with E-state index in [4.69, 9.17) is 0 Å². The summed E-state index contributed by atoms with van der Waals surface area (Å²) in [5.74, 6) is 2.45. The van der Waals surface area contributed by atoms with Crippen LogP contribution in [0.2, 0.25) is 0 Å². The highest BCUT2D eigenvalue weighted by Gasteiger charge is 2.37. The quantitative estimate of drug-likeness (QED) is 0.824. The molecular formula is C14H22N4. The molecule has 18 heavy (non-hydrogen) atoms. The summed E-state index contributed by atoms with van der Waals surface area (Å²) in [6, 6.07) is 2.56. The molecule has 4 nitrogen and oxygen atoms in total. The predicted molar refractivity (Wildman–Crippen MR) is 69.5 cm³/mol. The molecule has 0 saturated heterocycles. The van der Waals surface area contributed by atoms with Gasteiger partial charge in [0.1, 0.15) is 12.2 Å². The fourth-order valence-corrected chi connectivity index (χ4v) is 2.97. The first kappa shape index (κ1) is 13.1. The van der Waals surface area contributed by atoms with E-state index in [2.05, 4.69) is 30.0 Å². The van der Waals surface area contributed by atoms with Gasteiger partial charge in [0.05, 0.1) is 11.5 Å². The van der Waals surface area contributed by atoms with Crippen LogP contribution in [0.1, 0.15) is 45.4 Å². The molecule has 1 heterocycles. The van der Waals surface area contributed by atoms with Crippen molar-refractivity contribution >= 4 is 0 Å². The van der Waals surface area contributed by atoms with Crippen molar-refractivity contribution in [2.24, 2.45) is 24.3 Å². The first-order chi connectivity index (χ1) is 8.56. The SMILES string of the molecule is CC(C)C1CCC(C#N)(Cc2ncnn2C)CC1. The van der Waals surface area contributed by atoms with E-state index in [9.17, 15) is 5.26 Å². The Kier molecular flexibility index (Phi) is 3.70. The molecule has 98 valence electrons. The topological polar surface area (TPSA) is 54.5 Å². The molecule has 4 heteroatoms. The van der Waals surface area contributed by atoms with Crippen LogP contribution in [0.3, 0.4) is 0 Å². The van der Waals surface area contributed by atoms with Gasteiger partial charge in [-0.15, -0.1) is 0 Å². The molecule has 0 amide bonds. The molecule has 0 atom stereocenters. The number of nitriles is 1. The highest BCUT2D eigenvalue weighted by atomic mass is 15.3. The third-order valence-corrected chi connectivity index (χ3v) is 4.47. The Labute approximate surface area is 109 Å². The van der Waals surface area contributed by atoms with Gasteiger partial charge in [0.25, 0.3) is 0 Å². The lowest BCUT2D eigenvalue weighted by Gasteiger charge is -2.36.